The first-order valence-corrected chi connectivity index (χ1v) is 21.8. The van der Waals surface area contributed by atoms with Crippen LogP contribution in [0, 0.1) is 6.92 Å². The Morgan fingerprint density at radius 2 is 1.38 bits per heavy atom. The molecule has 1 amide bonds. The zero-order valence-corrected chi connectivity index (χ0v) is 35.0. The zero-order valence-electron chi connectivity index (χ0n) is 32.6. The number of unbranched alkanes of at least 4 members (excludes halogenated alkanes) is 4. The average molecular weight is 891 g/mol. The number of anilines is 5. The third-order valence-corrected chi connectivity index (χ3v) is 11.4. The number of carbonyl (C=O) groups excluding carboxylic acids is 3. The van der Waals surface area contributed by atoms with Gasteiger partial charge in [-0.05, 0) is 79.9 Å². The van der Waals surface area contributed by atoms with Crippen molar-refractivity contribution >= 4 is 89.4 Å². The fraction of sp³-hybridized carbons (Fsp3) is 0.231. The SMILES string of the molecule is Cc1nc(Cl)nc(NNC(=O)CCCCCCCN(C)c2ccc(/N=N/c3ccc(Nc4cc(S(=O)(=O)O)c(N)c5c4C(=O)c4ccccc4C5=O)c(S(=O)(=O)O)c3)cc2)n1. The number of hydrazine groups is 1. The number of aryl methyl sites for hydroxylation is 1. The number of amides is 1. The minimum Gasteiger partial charge on any atom is -0.397 e. The molecule has 22 heteroatoms. The summed E-state index contributed by atoms with van der Waals surface area (Å²) in [7, 11) is -8.08. The number of ketones is 2. The number of fused-ring (bicyclic) bond motifs is 2. The number of hydrogen-bond donors (Lipinski definition) is 6. The van der Waals surface area contributed by atoms with E-state index in [9.17, 15) is 40.3 Å². The molecule has 0 fully saturated rings. The third-order valence-electron chi connectivity index (χ3n) is 9.49. The number of nitrogens with zero attached hydrogens (tertiary/aromatic N) is 6. The van der Waals surface area contributed by atoms with Crippen molar-refractivity contribution in [1.29, 1.82) is 0 Å². The highest BCUT2D eigenvalue weighted by Crippen LogP contribution is 2.41. The van der Waals surface area contributed by atoms with Crippen molar-refractivity contribution in [3.8, 4) is 0 Å². The first-order valence-electron chi connectivity index (χ1n) is 18.6. The van der Waals surface area contributed by atoms with Gasteiger partial charge < -0.3 is 16.0 Å². The van der Waals surface area contributed by atoms with Gasteiger partial charge in [0.1, 0.15) is 15.6 Å². The van der Waals surface area contributed by atoms with E-state index in [1.807, 2.05) is 19.2 Å². The monoisotopic (exact) mass is 890 g/mol. The summed E-state index contributed by atoms with van der Waals surface area (Å²) < 4.78 is 70.0. The van der Waals surface area contributed by atoms with E-state index in [0.29, 0.717) is 17.9 Å². The molecule has 0 saturated heterocycles. The van der Waals surface area contributed by atoms with Gasteiger partial charge >= 0.3 is 0 Å². The number of halogens is 1. The molecule has 318 valence electrons. The van der Waals surface area contributed by atoms with Gasteiger partial charge in [0, 0.05) is 36.8 Å². The first-order chi connectivity index (χ1) is 28.9. The van der Waals surface area contributed by atoms with Gasteiger partial charge in [-0.3, -0.25) is 34.3 Å². The largest absolute Gasteiger partial charge is 0.397 e. The van der Waals surface area contributed by atoms with Crippen LogP contribution in [-0.2, 0) is 25.0 Å². The Morgan fingerprint density at radius 3 is 2.03 bits per heavy atom. The number of nitrogens with two attached hydrogens (primary N) is 1. The molecule has 0 saturated carbocycles. The summed E-state index contributed by atoms with van der Waals surface area (Å²) in [6, 6.07) is 17.3. The quantitative estimate of drug-likeness (QED) is 0.0181. The number of nitrogens with one attached hydrogen (secondary N) is 3. The van der Waals surface area contributed by atoms with Crippen molar-refractivity contribution in [1.82, 2.24) is 20.4 Å². The van der Waals surface area contributed by atoms with Crippen molar-refractivity contribution in [2.24, 2.45) is 10.2 Å². The first kappa shape index (κ1) is 44.2. The van der Waals surface area contributed by atoms with E-state index in [0.717, 1.165) is 56.5 Å². The van der Waals surface area contributed by atoms with E-state index in [1.54, 1.807) is 19.1 Å². The molecule has 5 aromatic rings. The van der Waals surface area contributed by atoms with Crippen LogP contribution < -0.4 is 26.8 Å². The number of nitrogen functional groups attached to an aromatic ring is 1. The second-order valence-corrected chi connectivity index (χ2v) is 17.0. The maximum absolute atomic E-state index is 13.7. The van der Waals surface area contributed by atoms with E-state index in [1.165, 1.54) is 36.4 Å². The van der Waals surface area contributed by atoms with E-state index in [4.69, 9.17) is 17.3 Å². The van der Waals surface area contributed by atoms with Crippen molar-refractivity contribution in [3.05, 3.63) is 106 Å². The molecule has 0 aliphatic heterocycles. The highest BCUT2D eigenvalue weighted by molar-refractivity contribution is 7.86. The predicted octanol–water partition coefficient (Wildman–Crippen LogP) is 6.76. The van der Waals surface area contributed by atoms with E-state index in [-0.39, 0.29) is 50.9 Å². The van der Waals surface area contributed by atoms with Gasteiger partial charge in [-0.25, -0.2) is 4.98 Å². The van der Waals surface area contributed by atoms with Gasteiger partial charge in [0.05, 0.1) is 39.6 Å². The smallest absolute Gasteiger partial charge is 0.296 e. The van der Waals surface area contributed by atoms with Gasteiger partial charge in [-0.15, -0.1) is 0 Å². The fourth-order valence-electron chi connectivity index (χ4n) is 6.52. The Bertz CT molecular complexity index is 2770. The summed E-state index contributed by atoms with van der Waals surface area (Å²) in [5.74, 6) is -1.11. The van der Waals surface area contributed by atoms with Gasteiger partial charge in [0.25, 0.3) is 20.2 Å². The Morgan fingerprint density at radius 1 is 0.770 bits per heavy atom. The van der Waals surface area contributed by atoms with Crippen LogP contribution in [-0.4, -0.2) is 72.0 Å². The lowest BCUT2D eigenvalue weighted by Crippen LogP contribution is -2.30. The Labute approximate surface area is 355 Å². The molecular weight excluding hydrogens is 852 g/mol. The highest BCUT2D eigenvalue weighted by atomic mass is 35.5. The topological polar surface area (TPSA) is 289 Å². The van der Waals surface area contributed by atoms with Crippen LogP contribution in [0.3, 0.4) is 0 Å². The van der Waals surface area contributed by atoms with Gasteiger partial charge in [0.2, 0.25) is 17.1 Å². The van der Waals surface area contributed by atoms with Gasteiger partial charge in [0.15, 0.2) is 11.6 Å². The molecule has 19 nitrogen and oxygen atoms in total. The van der Waals surface area contributed by atoms with Crippen molar-refractivity contribution in [2.45, 2.75) is 55.2 Å². The lowest BCUT2D eigenvalue weighted by Gasteiger charge is -2.24. The summed E-state index contributed by atoms with van der Waals surface area (Å²) in [4.78, 5) is 51.6. The van der Waals surface area contributed by atoms with Crippen LogP contribution in [0.15, 0.2) is 92.8 Å². The second-order valence-electron chi connectivity index (χ2n) is 13.8. The molecule has 0 atom stereocenters. The highest BCUT2D eigenvalue weighted by Gasteiger charge is 2.37. The summed E-state index contributed by atoms with van der Waals surface area (Å²) in [6.07, 6.45) is 4.81. The lowest BCUT2D eigenvalue weighted by atomic mass is 9.82. The summed E-state index contributed by atoms with van der Waals surface area (Å²) in [5.41, 5.74) is 10.3. The number of azo groups is 1. The molecule has 4 aromatic carbocycles. The zero-order chi connectivity index (χ0) is 44.1. The lowest BCUT2D eigenvalue weighted by molar-refractivity contribution is -0.120. The number of rotatable bonds is 17. The molecule has 0 radical (unpaired) electrons. The average Bonchev–Trinajstić information content (AvgIpc) is 3.20. The van der Waals surface area contributed by atoms with Crippen molar-refractivity contribution < 1.29 is 40.3 Å². The summed E-state index contributed by atoms with van der Waals surface area (Å²) in [5, 5.41) is 11.0. The Balaban J connectivity index is 1.06. The molecule has 1 aliphatic rings. The molecule has 0 spiro atoms. The summed E-state index contributed by atoms with van der Waals surface area (Å²) >= 11 is 5.80. The Kier molecular flexibility index (Phi) is 13.4. The molecule has 1 aromatic heterocycles. The van der Waals surface area contributed by atoms with Gasteiger partial charge in [-0.2, -0.15) is 37.0 Å². The molecule has 7 N–H and O–H groups in total. The van der Waals surface area contributed by atoms with Crippen LogP contribution in [0.5, 0.6) is 0 Å². The van der Waals surface area contributed by atoms with Crippen LogP contribution in [0.1, 0.15) is 76.2 Å². The van der Waals surface area contributed by atoms with E-state index < -0.39 is 52.8 Å². The fourth-order valence-corrected chi connectivity index (χ4v) is 8.03. The number of aromatic nitrogens is 3. The maximum Gasteiger partial charge on any atom is 0.296 e. The second kappa shape index (κ2) is 18.5. The molecule has 0 bridgehead atoms. The van der Waals surface area contributed by atoms with Crippen molar-refractivity contribution in [2.75, 3.05) is 35.0 Å². The summed E-state index contributed by atoms with van der Waals surface area (Å²) in [6.45, 7) is 2.45. The number of carbonyl (C=O) groups is 3. The molecule has 6 rings (SSSR count). The molecule has 61 heavy (non-hydrogen) atoms. The van der Waals surface area contributed by atoms with Crippen LogP contribution in [0.25, 0.3) is 0 Å². The molecule has 1 aliphatic carbocycles. The van der Waals surface area contributed by atoms with E-state index in [2.05, 4.69) is 46.2 Å². The Hall–Kier alpha value is -6.39. The minimum atomic E-state index is -5.05. The normalized spacial score (nSPS) is 12.5. The standard InChI is InChI=1S/C39H39ClN10O9S2/c1-22-42-38(40)45-39(43-22)49-48-32(51)12-6-4-3-5-9-19-50(2)25-16-13-23(14-17-25)46-47-24-15-18-28(30(20-24)60(54,55)56)44-29-21-31(61(57,58)59)35(41)34-33(29)36(52)26-10-7-8-11-27(26)37(34)53/h7-8,10-11,13-18,20-21,44H,3-6,9,12,19,41H2,1-2H3,(H,48,51)(H,54,55,56)(H,57,58,59)(H,42,43,45,49)/b47-46+. The van der Waals surface area contributed by atoms with Crippen LogP contribution in [0.2, 0.25) is 5.28 Å². The van der Waals surface area contributed by atoms with Gasteiger partial charge in [-0.1, -0.05) is 43.5 Å². The van der Waals surface area contributed by atoms with Crippen LogP contribution >= 0.6 is 11.6 Å². The molecule has 0 unspecified atom stereocenters. The van der Waals surface area contributed by atoms with Crippen molar-refractivity contribution in [3.63, 3.8) is 0 Å². The molecular formula is C39H39ClN10O9S2. The number of benzene rings is 4. The van der Waals surface area contributed by atoms with E-state index >= 15 is 0 Å². The maximum atomic E-state index is 13.7. The van der Waals surface area contributed by atoms with Crippen LogP contribution in [0.4, 0.5) is 40.1 Å². The number of hydrogen-bond acceptors (Lipinski definition) is 16. The third kappa shape index (κ3) is 10.7. The molecule has 1 heterocycles. The minimum absolute atomic E-state index is 0.00895. The predicted molar refractivity (Wildman–Crippen MR) is 226 cm³/mol.